The molecule has 1 heterocycles. The minimum atomic E-state index is -0.647. The third kappa shape index (κ3) is 3.31. The molecular weight excluding hydrogens is 298 g/mol. The van der Waals surface area contributed by atoms with Crippen molar-refractivity contribution in [2.24, 2.45) is 16.5 Å². The lowest BCUT2D eigenvalue weighted by Gasteiger charge is -2.17. The van der Waals surface area contributed by atoms with Crippen molar-refractivity contribution >= 4 is 35.6 Å². The number of aliphatic imine (C=N–C) groups is 1. The number of carbonyl (C=O) groups is 1. The molecule has 1 aliphatic rings. The van der Waals surface area contributed by atoms with Gasteiger partial charge in [-0.3, -0.25) is 9.79 Å². The zero-order chi connectivity index (χ0) is 16.3. The van der Waals surface area contributed by atoms with Gasteiger partial charge in [0.15, 0.2) is 0 Å². The Kier molecular flexibility index (Phi) is 4.89. The SMILES string of the molecule is Cc1ccc(C(N)=C(C(N)=O)C2=NCCB(C#N)C2)cc1Cl. The molecular formula is C15H16BClN4O. The number of primary amides is 1. The van der Waals surface area contributed by atoms with Crippen LogP contribution in [0.5, 0.6) is 0 Å². The molecule has 4 N–H and O–H groups in total. The molecule has 0 saturated heterocycles. The van der Waals surface area contributed by atoms with Crippen LogP contribution in [0.25, 0.3) is 5.70 Å². The first-order valence-electron chi connectivity index (χ1n) is 6.93. The molecule has 0 atom stereocenters. The van der Waals surface area contributed by atoms with Gasteiger partial charge in [-0.2, -0.15) is 0 Å². The summed E-state index contributed by atoms with van der Waals surface area (Å²) in [5.74, 6) is 1.56. The van der Waals surface area contributed by atoms with Crippen LogP contribution in [0.2, 0.25) is 17.7 Å². The molecule has 0 bridgehead atoms. The highest BCUT2D eigenvalue weighted by Crippen LogP contribution is 2.24. The summed E-state index contributed by atoms with van der Waals surface area (Å²) in [5, 5.41) is 9.63. The number of nitrogens with two attached hydrogens (primary N) is 2. The second-order valence-corrected chi connectivity index (χ2v) is 5.67. The third-order valence-electron chi connectivity index (χ3n) is 3.69. The first-order valence-corrected chi connectivity index (χ1v) is 7.31. The molecule has 7 heteroatoms. The van der Waals surface area contributed by atoms with Gasteiger partial charge in [-0.25, -0.2) is 5.26 Å². The van der Waals surface area contributed by atoms with Crippen molar-refractivity contribution in [3.05, 3.63) is 39.9 Å². The summed E-state index contributed by atoms with van der Waals surface area (Å²) in [7, 11) is 0. The predicted octanol–water partition coefficient (Wildman–Crippen LogP) is 1.82. The molecule has 0 aromatic heterocycles. The number of carbonyl (C=O) groups excluding carboxylic acids is 1. The average Bonchev–Trinajstić information content (AvgIpc) is 2.50. The lowest BCUT2D eigenvalue weighted by Crippen LogP contribution is -2.30. The van der Waals surface area contributed by atoms with Crippen molar-refractivity contribution in [2.75, 3.05) is 6.54 Å². The van der Waals surface area contributed by atoms with Crippen LogP contribution in [0, 0.1) is 18.2 Å². The highest BCUT2D eigenvalue weighted by molar-refractivity contribution is 6.71. The number of rotatable bonds is 3. The molecule has 1 aromatic rings. The normalized spacial score (nSPS) is 15.7. The Morgan fingerprint density at radius 2 is 2.18 bits per heavy atom. The van der Waals surface area contributed by atoms with Gasteiger partial charge in [-0.1, -0.05) is 23.7 Å². The molecule has 5 nitrogen and oxygen atoms in total. The van der Waals surface area contributed by atoms with E-state index < -0.39 is 5.91 Å². The zero-order valence-electron chi connectivity index (χ0n) is 12.3. The number of amides is 1. The van der Waals surface area contributed by atoms with Gasteiger partial charge in [-0.15, -0.1) is 0 Å². The maximum Gasteiger partial charge on any atom is 0.275 e. The molecule has 2 rings (SSSR count). The maximum atomic E-state index is 11.8. The number of benzene rings is 1. The number of hydrogen-bond acceptors (Lipinski definition) is 4. The Morgan fingerprint density at radius 1 is 1.45 bits per heavy atom. The van der Waals surface area contributed by atoms with Crippen LogP contribution >= 0.6 is 11.6 Å². The second-order valence-electron chi connectivity index (χ2n) is 5.26. The Morgan fingerprint density at radius 3 is 2.77 bits per heavy atom. The maximum absolute atomic E-state index is 11.8. The quantitative estimate of drug-likeness (QED) is 0.656. The van der Waals surface area contributed by atoms with E-state index in [1.165, 1.54) is 0 Å². The van der Waals surface area contributed by atoms with Gasteiger partial charge in [0.25, 0.3) is 12.6 Å². The van der Waals surface area contributed by atoms with Gasteiger partial charge < -0.3 is 11.5 Å². The first kappa shape index (κ1) is 16.1. The van der Waals surface area contributed by atoms with Crippen molar-refractivity contribution in [1.82, 2.24) is 0 Å². The zero-order valence-corrected chi connectivity index (χ0v) is 13.0. The summed E-state index contributed by atoms with van der Waals surface area (Å²) in [6.45, 7) is 2.20. The molecule has 1 amide bonds. The summed E-state index contributed by atoms with van der Waals surface area (Å²) in [6.07, 6.45) is 1.07. The van der Waals surface area contributed by atoms with Crippen LogP contribution in [0.1, 0.15) is 11.1 Å². The molecule has 112 valence electrons. The van der Waals surface area contributed by atoms with E-state index in [-0.39, 0.29) is 18.0 Å². The van der Waals surface area contributed by atoms with Crippen molar-refractivity contribution in [3.8, 4) is 5.97 Å². The van der Waals surface area contributed by atoms with E-state index in [9.17, 15) is 4.79 Å². The number of hydrogen-bond donors (Lipinski definition) is 2. The van der Waals surface area contributed by atoms with E-state index in [0.29, 0.717) is 35.5 Å². The van der Waals surface area contributed by atoms with Crippen molar-refractivity contribution in [2.45, 2.75) is 19.6 Å². The topological polar surface area (TPSA) is 105 Å². The number of aryl methyl sites for hydroxylation is 1. The molecule has 0 spiro atoms. The van der Waals surface area contributed by atoms with Crippen molar-refractivity contribution in [3.63, 3.8) is 0 Å². The van der Waals surface area contributed by atoms with Crippen molar-refractivity contribution < 1.29 is 4.79 Å². The van der Waals surface area contributed by atoms with Crippen LogP contribution in [-0.2, 0) is 4.79 Å². The predicted molar refractivity (Wildman–Crippen MR) is 89.8 cm³/mol. The second kappa shape index (κ2) is 6.67. The van der Waals surface area contributed by atoms with Gasteiger partial charge in [0.05, 0.1) is 11.3 Å². The average molecular weight is 315 g/mol. The minimum Gasteiger partial charge on any atom is -0.398 e. The van der Waals surface area contributed by atoms with Crippen LogP contribution in [-0.4, -0.2) is 24.9 Å². The molecule has 0 saturated carbocycles. The highest BCUT2D eigenvalue weighted by atomic mass is 35.5. The first-order chi connectivity index (χ1) is 10.4. The largest absolute Gasteiger partial charge is 0.398 e. The van der Waals surface area contributed by atoms with Gasteiger partial charge in [-0.05, 0) is 36.8 Å². The van der Waals surface area contributed by atoms with Gasteiger partial charge in [0.1, 0.15) is 0 Å². The summed E-state index contributed by atoms with van der Waals surface area (Å²) in [6, 6.07) is 5.30. The molecule has 0 aliphatic carbocycles. The van der Waals surface area contributed by atoms with E-state index in [0.717, 1.165) is 5.56 Å². The number of nitrogens with zero attached hydrogens (tertiary/aromatic N) is 2. The fraction of sp³-hybridized carbons (Fsp3) is 0.267. The highest BCUT2D eigenvalue weighted by Gasteiger charge is 2.27. The van der Waals surface area contributed by atoms with E-state index in [1.54, 1.807) is 12.1 Å². The molecule has 0 unspecified atom stereocenters. The van der Waals surface area contributed by atoms with Gasteiger partial charge in [0, 0.05) is 23.2 Å². The molecule has 0 fully saturated rings. The number of halogens is 1. The van der Waals surface area contributed by atoms with E-state index in [2.05, 4.69) is 11.0 Å². The van der Waals surface area contributed by atoms with Crippen LogP contribution < -0.4 is 11.5 Å². The molecule has 22 heavy (non-hydrogen) atoms. The third-order valence-corrected chi connectivity index (χ3v) is 4.10. The monoisotopic (exact) mass is 314 g/mol. The number of nitriles is 1. The fourth-order valence-electron chi connectivity index (χ4n) is 2.38. The Bertz CT molecular complexity index is 721. The summed E-state index contributed by atoms with van der Waals surface area (Å²) >= 11 is 6.11. The van der Waals surface area contributed by atoms with Crippen LogP contribution in [0.3, 0.4) is 0 Å². The Hall–Kier alpha value is -2.26. The Labute approximate surface area is 134 Å². The van der Waals surface area contributed by atoms with Crippen molar-refractivity contribution in [1.29, 1.82) is 5.26 Å². The van der Waals surface area contributed by atoms with Crippen LogP contribution in [0.4, 0.5) is 0 Å². The van der Waals surface area contributed by atoms with E-state index >= 15 is 0 Å². The lowest BCUT2D eigenvalue weighted by molar-refractivity contribution is -0.114. The van der Waals surface area contributed by atoms with Crippen LogP contribution in [0.15, 0.2) is 28.8 Å². The molecule has 0 radical (unpaired) electrons. The molecule has 1 aliphatic heterocycles. The van der Waals surface area contributed by atoms with Gasteiger partial charge in [0.2, 0.25) is 0 Å². The standard InChI is InChI=1S/C15H16BClN4O/c1-9-2-3-10(6-11(9)17)14(19)13(15(20)22)12-7-16(8-18)4-5-21-12/h2-3,6H,4-5,7,19H2,1H3,(H2,20,22). The molecule has 1 aromatic carbocycles. The Balaban J connectivity index is 2.50. The van der Waals surface area contributed by atoms with E-state index in [1.807, 2.05) is 13.0 Å². The van der Waals surface area contributed by atoms with Gasteiger partial charge >= 0.3 is 0 Å². The summed E-state index contributed by atoms with van der Waals surface area (Å²) in [4.78, 5) is 16.2. The lowest BCUT2D eigenvalue weighted by atomic mass is 9.44. The fourth-order valence-corrected chi connectivity index (χ4v) is 2.56. The smallest absolute Gasteiger partial charge is 0.275 e. The minimum absolute atomic E-state index is 0.170. The summed E-state index contributed by atoms with van der Waals surface area (Å²) in [5.41, 5.74) is 14.1. The van der Waals surface area contributed by atoms with E-state index in [4.69, 9.17) is 28.3 Å². The summed E-state index contributed by atoms with van der Waals surface area (Å²) < 4.78 is 0.